The van der Waals surface area contributed by atoms with Gasteiger partial charge < -0.3 is 25.0 Å². The third-order valence-corrected chi connectivity index (χ3v) is 9.06. The van der Waals surface area contributed by atoms with Crippen molar-refractivity contribution >= 4 is 23.6 Å². The van der Waals surface area contributed by atoms with Crippen molar-refractivity contribution in [2.24, 2.45) is 0 Å². The molecule has 2 aliphatic heterocycles. The molecular formula is C30H40N6O6. The Labute approximate surface area is 246 Å². The summed E-state index contributed by atoms with van der Waals surface area (Å²) in [6, 6.07) is 12.2. The lowest BCUT2D eigenvalue weighted by Crippen LogP contribution is -2.49. The number of hydrogen-bond acceptors (Lipinski definition) is 9. The van der Waals surface area contributed by atoms with Crippen LogP contribution in [0.15, 0.2) is 36.4 Å². The Hall–Kier alpha value is -3.90. The summed E-state index contributed by atoms with van der Waals surface area (Å²) < 4.78 is 9.52. The molecule has 0 aromatic heterocycles. The fourth-order valence-corrected chi connectivity index (χ4v) is 6.89. The van der Waals surface area contributed by atoms with Gasteiger partial charge in [-0.15, -0.1) is 0 Å². The number of hydrogen-bond donors (Lipinski definition) is 1. The minimum atomic E-state index is -0.295. The van der Waals surface area contributed by atoms with Gasteiger partial charge in [-0.2, -0.15) is 0 Å². The quantitative estimate of drug-likeness (QED) is 0.328. The second kappa shape index (κ2) is 13.0. The molecule has 2 heterocycles. The number of nitro benzene ring substituents is 1. The zero-order chi connectivity index (χ0) is 29.8. The monoisotopic (exact) mass is 580 g/mol. The van der Waals surface area contributed by atoms with Gasteiger partial charge in [0.1, 0.15) is 0 Å². The standard InChI is InChI=1S/C15H19N3O4.C15H21N3O2/c1-22-15(19)17-9-7-16(8-10-17)13-6-5-12-11(13)3-2-4-14(12)18(20)21;1-20-15(19)18-9-7-17(8-10-18)14-6-5-11-12(14)3-2-4-13(11)16/h2-4,13H,5-10H2,1H3;2-4,14H,5-10,16H2,1H3. The van der Waals surface area contributed by atoms with Crippen LogP contribution in [0.2, 0.25) is 0 Å². The van der Waals surface area contributed by atoms with E-state index in [-0.39, 0.29) is 28.8 Å². The predicted octanol–water partition coefficient (Wildman–Crippen LogP) is 3.61. The number of ether oxygens (including phenoxy) is 2. The van der Waals surface area contributed by atoms with Gasteiger partial charge in [-0.3, -0.25) is 19.9 Å². The first-order chi connectivity index (χ1) is 20.3. The van der Waals surface area contributed by atoms with Gasteiger partial charge in [0.15, 0.2) is 0 Å². The van der Waals surface area contributed by atoms with Crippen LogP contribution in [0.1, 0.15) is 47.2 Å². The van der Waals surface area contributed by atoms with E-state index in [9.17, 15) is 19.7 Å². The molecule has 4 aliphatic rings. The highest BCUT2D eigenvalue weighted by Gasteiger charge is 2.35. The molecule has 0 spiro atoms. The van der Waals surface area contributed by atoms with Crippen LogP contribution in [0.5, 0.6) is 0 Å². The molecule has 226 valence electrons. The zero-order valence-electron chi connectivity index (χ0n) is 24.4. The SMILES string of the molecule is COC(=O)N1CCN(C2CCc3c(N)cccc32)CC1.COC(=O)N1CCN(C2CCc3c2cccc3[N+](=O)[O-])CC1. The molecule has 2 aromatic rings. The van der Waals surface area contributed by atoms with Gasteiger partial charge in [0.25, 0.3) is 5.69 Å². The number of carbonyl (C=O) groups excluding carboxylic acids is 2. The second-order valence-corrected chi connectivity index (χ2v) is 11.1. The van der Waals surface area contributed by atoms with Crippen molar-refractivity contribution in [3.63, 3.8) is 0 Å². The second-order valence-electron chi connectivity index (χ2n) is 11.1. The van der Waals surface area contributed by atoms with Crippen molar-refractivity contribution in [3.8, 4) is 0 Å². The van der Waals surface area contributed by atoms with Gasteiger partial charge in [-0.1, -0.05) is 24.3 Å². The van der Waals surface area contributed by atoms with Crippen molar-refractivity contribution < 1.29 is 24.0 Å². The van der Waals surface area contributed by atoms with E-state index in [4.69, 9.17) is 15.2 Å². The van der Waals surface area contributed by atoms with Gasteiger partial charge in [0, 0.05) is 81.8 Å². The first-order valence-electron chi connectivity index (χ1n) is 14.6. The lowest BCUT2D eigenvalue weighted by Gasteiger charge is -2.37. The summed E-state index contributed by atoms with van der Waals surface area (Å²) in [6.07, 6.45) is 3.32. The molecule has 0 bridgehead atoms. The van der Waals surface area contributed by atoms with Crippen LogP contribution in [0, 0.1) is 10.1 Å². The number of amides is 2. The Kier molecular flexibility index (Phi) is 9.12. The number of piperazine rings is 2. The molecule has 2 saturated heterocycles. The summed E-state index contributed by atoms with van der Waals surface area (Å²) in [5.41, 5.74) is 11.8. The Bertz CT molecular complexity index is 1310. The third kappa shape index (κ3) is 6.00. The van der Waals surface area contributed by atoms with Crippen molar-refractivity contribution in [1.29, 1.82) is 0 Å². The molecule has 12 heteroatoms. The van der Waals surface area contributed by atoms with Crippen LogP contribution in [0.4, 0.5) is 21.0 Å². The van der Waals surface area contributed by atoms with E-state index >= 15 is 0 Å². The van der Waals surface area contributed by atoms with Crippen LogP contribution in [0.3, 0.4) is 0 Å². The molecule has 42 heavy (non-hydrogen) atoms. The van der Waals surface area contributed by atoms with E-state index < -0.39 is 0 Å². The number of methoxy groups -OCH3 is 2. The van der Waals surface area contributed by atoms with Gasteiger partial charge in [0.2, 0.25) is 0 Å². The number of anilines is 1. The van der Waals surface area contributed by atoms with Crippen molar-refractivity contribution in [3.05, 3.63) is 68.8 Å². The maximum atomic E-state index is 11.5. The first-order valence-corrected chi connectivity index (χ1v) is 14.6. The number of nitrogens with two attached hydrogens (primary N) is 1. The highest BCUT2D eigenvalue weighted by Crippen LogP contribution is 2.41. The topological polar surface area (TPSA) is 135 Å². The minimum Gasteiger partial charge on any atom is -0.453 e. The third-order valence-electron chi connectivity index (χ3n) is 9.06. The summed E-state index contributed by atoms with van der Waals surface area (Å²) in [7, 11) is 2.83. The Morgan fingerprint density at radius 3 is 1.69 bits per heavy atom. The number of rotatable bonds is 3. The van der Waals surface area contributed by atoms with E-state index in [0.29, 0.717) is 19.1 Å². The van der Waals surface area contributed by atoms with Crippen LogP contribution in [-0.4, -0.2) is 103 Å². The molecule has 2 amide bonds. The summed E-state index contributed by atoms with van der Waals surface area (Å²) in [5.74, 6) is 0. The number of nitro groups is 1. The van der Waals surface area contributed by atoms with Crippen LogP contribution >= 0.6 is 0 Å². The highest BCUT2D eigenvalue weighted by molar-refractivity contribution is 5.68. The normalized spacial score (nSPS) is 22.0. The number of nitrogen functional groups attached to an aromatic ring is 1. The van der Waals surface area contributed by atoms with Crippen molar-refractivity contribution in [2.75, 3.05) is 72.3 Å². The maximum Gasteiger partial charge on any atom is 0.409 e. The fraction of sp³-hybridized carbons (Fsp3) is 0.533. The van der Waals surface area contributed by atoms with Gasteiger partial charge in [-0.05, 0) is 48.4 Å². The van der Waals surface area contributed by atoms with Crippen LogP contribution in [-0.2, 0) is 22.3 Å². The number of carbonyl (C=O) groups is 2. The van der Waals surface area contributed by atoms with E-state index in [2.05, 4.69) is 15.9 Å². The Morgan fingerprint density at radius 1 is 0.762 bits per heavy atom. The van der Waals surface area contributed by atoms with Crippen molar-refractivity contribution in [2.45, 2.75) is 37.8 Å². The molecule has 12 nitrogen and oxygen atoms in total. The smallest absolute Gasteiger partial charge is 0.409 e. The molecule has 6 rings (SSSR count). The number of benzene rings is 2. The van der Waals surface area contributed by atoms with E-state index in [1.165, 1.54) is 25.3 Å². The summed E-state index contributed by atoms with van der Waals surface area (Å²) in [4.78, 5) is 42.1. The minimum absolute atomic E-state index is 0.217. The van der Waals surface area contributed by atoms with Gasteiger partial charge >= 0.3 is 12.2 Å². The van der Waals surface area contributed by atoms with E-state index in [1.54, 1.807) is 21.9 Å². The first kappa shape index (κ1) is 29.6. The van der Waals surface area contributed by atoms with E-state index in [0.717, 1.165) is 81.8 Å². The van der Waals surface area contributed by atoms with Crippen LogP contribution in [0.25, 0.3) is 0 Å². The number of fused-ring (bicyclic) bond motifs is 2. The lowest BCUT2D eigenvalue weighted by molar-refractivity contribution is -0.385. The molecule has 2 fully saturated rings. The summed E-state index contributed by atoms with van der Waals surface area (Å²) in [6.45, 7) is 6.06. The molecular weight excluding hydrogens is 540 g/mol. The van der Waals surface area contributed by atoms with Crippen molar-refractivity contribution in [1.82, 2.24) is 19.6 Å². The predicted molar refractivity (Wildman–Crippen MR) is 157 cm³/mol. The molecule has 2 unspecified atom stereocenters. The lowest BCUT2D eigenvalue weighted by atomic mass is 10.0. The van der Waals surface area contributed by atoms with Gasteiger partial charge in [-0.25, -0.2) is 9.59 Å². The molecule has 0 radical (unpaired) electrons. The van der Waals surface area contributed by atoms with Crippen LogP contribution < -0.4 is 5.73 Å². The molecule has 2 aliphatic carbocycles. The summed E-state index contributed by atoms with van der Waals surface area (Å²) in [5, 5.41) is 11.1. The molecule has 2 aromatic carbocycles. The molecule has 0 saturated carbocycles. The largest absolute Gasteiger partial charge is 0.453 e. The fourth-order valence-electron chi connectivity index (χ4n) is 6.89. The van der Waals surface area contributed by atoms with Gasteiger partial charge in [0.05, 0.1) is 19.1 Å². The van der Waals surface area contributed by atoms with E-state index in [1.807, 2.05) is 18.2 Å². The number of nitrogens with zero attached hydrogens (tertiary/aromatic N) is 5. The average molecular weight is 581 g/mol. The Morgan fingerprint density at radius 2 is 1.21 bits per heavy atom. The maximum absolute atomic E-state index is 11.5. The Balaban J connectivity index is 0.000000169. The average Bonchev–Trinajstić information content (AvgIpc) is 3.66. The highest BCUT2D eigenvalue weighted by atomic mass is 16.6. The molecule has 2 atom stereocenters. The summed E-state index contributed by atoms with van der Waals surface area (Å²) >= 11 is 0. The zero-order valence-corrected chi connectivity index (χ0v) is 24.4. The molecule has 2 N–H and O–H groups in total.